The third-order valence-corrected chi connectivity index (χ3v) is 4.08. The second kappa shape index (κ2) is 11.2. The molecule has 0 unspecified atom stereocenters. The van der Waals surface area contributed by atoms with Crippen LogP contribution in [0.1, 0.15) is 6.92 Å². The topological polar surface area (TPSA) is 153 Å². The molecule has 1 N–H and O–H groups in total. The van der Waals surface area contributed by atoms with Gasteiger partial charge < -0.3 is 19.7 Å². The van der Waals surface area contributed by atoms with Gasteiger partial charge in [0.1, 0.15) is 18.8 Å². The Morgan fingerprint density at radius 1 is 1.00 bits per heavy atom. The van der Waals surface area contributed by atoms with Crippen LogP contribution in [0.25, 0.3) is 0 Å². The van der Waals surface area contributed by atoms with Crippen molar-refractivity contribution < 1.29 is 28.8 Å². The van der Waals surface area contributed by atoms with Gasteiger partial charge in [0.05, 0.1) is 30.5 Å². The van der Waals surface area contributed by atoms with Crippen molar-refractivity contribution in [2.24, 2.45) is 10.2 Å². The number of nitro benzene ring substituents is 1. The summed E-state index contributed by atoms with van der Waals surface area (Å²) in [6.07, 6.45) is 0. The lowest BCUT2D eigenvalue weighted by Gasteiger charge is -2.23. The first-order valence-corrected chi connectivity index (χ1v) is 9.20. The summed E-state index contributed by atoms with van der Waals surface area (Å²) in [5.74, 6) is -1.52. The summed E-state index contributed by atoms with van der Waals surface area (Å²) in [7, 11) is 2.45. The zero-order valence-electron chi connectivity index (χ0n) is 17.6. The lowest BCUT2D eigenvalue weighted by atomic mass is 10.2. The Bertz CT molecular complexity index is 1020. The summed E-state index contributed by atoms with van der Waals surface area (Å²) >= 11 is 0. The normalized spacial score (nSPS) is 10.5. The fourth-order valence-corrected chi connectivity index (χ4v) is 2.53. The maximum absolute atomic E-state index is 11.8. The molecule has 0 radical (unpaired) electrons. The third-order valence-electron chi connectivity index (χ3n) is 4.08. The minimum Gasteiger partial charge on any atom is -0.468 e. The Balaban J connectivity index is 2.37. The molecule has 0 fully saturated rings. The van der Waals surface area contributed by atoms with E-state index in [1.165, 1.54) is 62.4 Å². The van der Waals surface area contributed by atoms with Crippen molar-refractivity contribution in [3.8, 4) is 0 Å². The fourth-order valence-electron chi connectivity index (χ4n) is 2.53. The molecule has 0 aliphatic rings. The molecule has 12 heteroatoms. The van der Waals surface area contributed by atoms with Gasteiger partial charge in [0.25, 0.3) is 5.69 Å². The molecule has 0 bridgehead atoms. The van der Waals surface area contributed by atoms with E-state index in [0.717, 1.165) is 0 Å². The van der Waals surface area contributed by atoms with E-state index < -0.39 is 16.9 Å². The van der Waals surface area contributed by atoms with Gasteiger partial charge in [0.15, 0.2) is 0 Å². The summed E-state index contributed by atoms with van der Waals surface area (Å²) in [6, 6.07) is 10.1. The molecule has 1 amide bonds. The zero-order valence-corrected chi connectivity index (χ0v) is 17.6. The highest BCUT2D eigenvalue weighted by Gasteiger charge is 2.18. The van der Waals surface area contributed by atoms with Crippen molar-refractivity contribution in [3.63, 3.8) is 0 Å². The summed E-state index contributed by atoms with van der Waals surface area (Å²) in [5.41, 5.74) is 1.28. The Hall–Kier alpha value is -4.35. The maximum atomic E-state index is 11.8. The molecular weight excluding hydrogens is 422 g/mol. The van der Waals surface area contributed by atoms with Crippen LogP contribution in [0.3, 0.4) is 0 Å². The number of benzene rings is 2. The molecule has 2 aromatic rings. The van der Waals surface area contributed by atoms with Crippen molar-refractivity contribution in [1.82, 2.24) is 0 Å². The van der Waals surface area contributed by atoms with Gasteiger partial charge in [-0.2, -0.15) is 5.11 Å². The Morgan fingerprint density at radius 2 is 1.59 bits per heavy atom. The van der Waals surface area contributed by atoms with Gasteiger partial charge in [0, 0.05) is 24.7 Å². The quantitative estimate of drug-likeness (QED) is 0.268. The number of azo groups is 1. The van der Waals surface area contributed by atoms with Crippen LogP contribution in [0.2, 0.25) is 0 Å². The zero-order chi connectivity index (χ0) is 23.7. The van der Waals surface area contributed by atoms with Gasteiger partial charge in [-0.1, -0.05) is 0 Å². The van der Waals surface area contributed by atoms with Gasteiger partial charge in [0.2, 0.25) is 5.91 Å². The molecule has 12 nitrogen and oxygen atoms in total. The largest absolute Gasteiger partial charge is 0.468 e. The minimum absolute atomic E-state index is 0.0801. The Labute approximate surface area is 183 Å². The molecule has 2 rings (SSSR count). The van der Waals surface area contributed by atoms with Gasteiger partial charge >= 0.3 is 11.9 Å². The number of anilines is 2. The van der Waals surface area contributed by atoms with Crippen LogP contribution < -0.4 is 10.2 Å². The second-order valence-electron chi connectivity index (χ2n) is 6.36. The summed E-state index contributed by atoms with van der Waals surface area (Å²) in [6.45, 7) is 0.855. The highest BCUT2D eigenvalue weighted by Crippen LogP contribution is 2.32. The Kier molecular flexibility index (Phi) is 8.34. The van der Waals surface area contributed by atoms with E-state index in [4.69, 9.17) is 0 Å². The predicted molar refractivity (Wildman–Crippen MR) is 114 cm³/mol. The van der Waals surface area contributed by atoms with Gasteiger partial charge in [-0.15, -0.1) is 5.11 Å². The highest BCUT2D eigenvalue weighted by atomic mass is 16.6. The van der Waals surface area contributed by atoms with Crippen LogP contribution in [0.5, 0.6) is 0 Å². The number of hydrogen-bond acceptors (Lipinski definition) is 10. The van der Waals surface area contributed by atoms with Gasteiger partial charge in [-0.3, -0.25) is 24.5 Å². The molecule has 0 heterocycles. The molecule has 0 atom stereocenters. The molecule has 0 aliphatic heterocycles. The number of ether oxygens (including phenoxy) is 2. The molecule has 168 valence electrons. The van der Waals surface area contributed by atoms with Crippen molar-refractivity contribution in [3.05, 3.63) is 52.6 Å². The average molecular weight is 443 g/mol. The number of esters is 2. The first kappa shape index (κ1) is 23.9. The summed E-state index contributed by atoms with van der Waals surface area (Å²) in [4.78, 5) is 46.8. The fraction of sp³-hybridized carbons (Fsp3) is 0.250. The number of amides is 1. The number of carbonyl (C=O) groups is 3. The molecule has 32 heavy (non-hydrogen) atoms. The number of methoxy groups -OCH3 is 2. The number of nitrogens with zero attached hydrogens (tertiary/aromatic N) is 4. The number of rotatable bonds is 9. The van der Waals surface area contributed by atoms with Gasteiger partial charge in [-0.05, 0) is 30.3 Å². The minimum atomic E-state index is -0.572. The number of nitro groups is 1. The number of hydrogen-bond donors (Lipinski definition) is 1. The smallest absolute Gasteiger partial charge is 0.325 e. The molecule has 2 aromatic carbocycles. The first-order valence-electron chi connectivity index (χ1n) is 9.20. The van der Waals surface area contributed by atoms with Crippen LogP contribution in [-0.2, 0) is 23.9 Å². The van der Waals surface area contributed by atoms with Crippen LogP contribution in [0.15, 0.2) is 52.7 Å². The number of non-ortho nitro benzene ring substituents is 1. The van der Waals surface area contributed by atoms with Crippen LogP contribution >= 0.6 is 0 Å². The molecule has 0 spiro atoms. The first-order chi connectivity index (χ1) is 15.2. The highest BCUT2D eigenvalue weighted by molar-refractivity contribution is 5.93. The average Bonchev–Trinajstić information content (AvgIpc) is 2.77. The van der Waals surface area contributed by atoms with Crippen LogP contribution in [0.4, 0.5) is 28.4 Å². The molecule has 0 aromatic heterocycles. The molecular formula is C20H21N5O7. The van der Waals surface area contributed by atoms with Crippen molar-refractivity contribution in [2.75, 3.05) is 37.5 Å². The van der Waals surface area contributed by atoms with E-state index in [1.54, 1.807) is 6.07 Å². The third kappa shape index (κ3) is 6.86. The van der Waals surface area contributed by atoms with Crippen molar-refractivity contribution in [2.45, 2.75) is 6.92 Å². The van der Waals surface area contributed by atoms with E-state index in [1.807, 2.05) is 0 Å². The lowest BCUT2D eigenvalue weighted by molar-refractivity contribution is -0.384. The molecule has 0 saturated heterocycles. The Morgan fingerprint density at radius 3 is 2.09 bits per heavy atom. The maximum Gasteiger partial charge on any atom is 0.325 e. The molecule has 0 aliphatic carbocycles. The number of carbonyl (C=O) groups excluding carboxylic acids is 3. The predicted octanol–water partition coefficient (Wildman–Crippen LogP) is 3.12. The van der Waals surface area contributed by atoms with E-state index >= 15 is 0 Å². The summed E-state index contributed by atoms with van der Waals surface area (Å²) in [5, 5.41) is 21.5. The van der Waals surface area contributed by atoms with E-state index in [9.17, 15) is 24.5 Å². The number of nitrogens with one attached hydrogen (secondary N) is 1. The van der Waals surface area contributed by atoms with Gasteiger partial charge in [-0.25, -0.2) is 0 Å². The monoisotopic (exact) mass is 443 g/mol. The molecule has 0 saturated carbocycles. The standard InChI is InChI=1S/C20H21N5O7/c1-13(26)21-18-10-16(24(11-19(27)31-2)12-20(28)32-3)8-9-17(18)23-22-14-4-6-15(7-5-14)25(29)30/h4-10H,11-12H2,1-3H3,(H,21,26). The summed E-state index contributed by atoms with van der Waals surface area (Å²) < 4.78 is 9.34. The van der Waals surface area contributed by atoms with Crippen molar-refractivity contribution in [1.29, 1.82) is 0 Å². The van der Waals surface area contributed by atoms with E-state index in [2.05, 4.69) is 25.0 Å². The van der Waals surface area contributed by atoms with Crippen LogP contribution in [0, 0.1) is 10.1 Å². The van der Waals surface area contributed by atoms with Crippen LogP contribution in [-0.4, -0.2) is 50.1 Å². The van der Waals surface area contributed by atoms with Crippen molar-refractivity contribution >= 4 is 46.3 Å². The SMILES string of the molecule is COC(=O)CN(CC(=O)OC)c1ccc(N=Nc2ccc([N+](=O)[O-])cc2)c(NC(C)=O)c1. The lowest BCUT2D eigenvalue weighted by Crippen LogP contribution is -2.35. The van der Waals surface area contributed by atoms with E-state index in [-0.39, 0.29) is 30.4 Å². The van der Waals surface area contributed by atoms with E-state index in [0.29, 0.717) is 17.1 Å². The second-order valence-corrected chi connectivity index (χ2v) is 6.36.